The molecule has 1 aliphatic carbocycles. The normalized spacial score (nSPS) is 21.4. The van der Waals surface area contributed by atoms with Crippen LogP contribution in [0.3, 0.4) is 0 Å². The van der Waals surface area contributed by atoms with Gasteiger partial charge in [-0.15, -0.1) is 0 Å². The van der Waals surface area contributed by atoms with Crippen molar-refractivity contribution in [1.29, 1.82) is 0 Å². The van der Waals surface area contributed by atoms with Crippen LogP contribution in [-0.4, -0.2) is 15.6 Å². The Morgan fingerprint density at radius 2 is 2.03 bits per heavy atom. The first kappa shape index (κ1) is 23.1. The van der Waals surface area contributed by atoms with Crippen molar-refractivity contribution in [2.75, 3.05) is 0 Å². The topological polar surface area (TPSA) is 85.2 Å². The number of benzene rings is 1. The molecule has 0 saturated carbocycles. The van der Waals surface area contributed by atoms with Gasteiger partial charge < -0.3 is 19.3 Å². The molecule has 0 amide bonds. The van der Waals surface area contributed by atoms with Gasteiger partial charge in [0, 0.05) is 31.2 Å². The maximum atomic E-state index is 11.4. The number of ether oxygens (including phenoxy) is 2. The van der Waals surface area contributed by atoms with Crippen LogP contribution in [0, 0.1) is 5.92 Å². The van der Waals surface area contributed by atoms with E-state index in [1.807, 2.05) is 12.1 Å². The Morgan fingerprint density at radius 3 is 2.70 bits per heavy atom. The van der Waals surface area contributed by atoms with E-state index in [-0.39, 0.29) is 11.8 Å². The first-order chi connectivity index (χ1) is 14.0. The van der Waals surface area contributed by atoms with Gasteiger partial charge in [0.2, 0.25) is 5.79 Å². The standard InChI is InChI=1S/C23H33O6P/c1-6-7-8-9-17-13-20-22(19-12-15(2)10-11-18(19)16(3)27-20)21(14-17)28-23(4,5)29-30(24,25)26/h12-14,18-19H,3,6-11H2,1-2,4-5H3,(H2,24,25,26). The summed E-state index contributed by atoms with van der Waals surface area (Å²) < 4.78 is 28.6. The second-order valence-corrected chi connectivity index (χ2v) is 9.96. The van der Waals surface area contributed by atoms with Crippen molar-refractivity contribution in [3.63, 3.8) is 0 Å². The molecule has 0 spiro atoms. The molecule has 1 aliphatic heterocycles. The molecule has 2 aliphatic rings. The number of phosphoric ester groups is 1. The van der Waals surface area contributed by atoms with E-state index in [0.717, 1.165) is 55.4 Å². The molecule has 3 rings (SSSR count). The summed E-state index contributed by atoms with van der Waals surface area (Å²) in [6, 6.07) is 4.01. The van der Waals surface area contributed by atoms with Crippen molar-refractivity contribution >= 4 is 7.82 Å². The molecule has 2 N–H and O–H groups in total. The zero-order valence-corrected chi connectivity index (χ0v) is 19.2. The molecular weight excluding hydrogens is 403 g/mol. The number of unbranched alkanes of at least 4 members (excludes halogenated alkanes) is 2. The van der Waals surface area contributed by atoms with Gasteiger partial charge in [-0.25, -0.2) is 9.09 Å². The Bertz CT molecular complexity index is 882. The van der Waals surface area contributed by atoms with E-state index in [0.29, 0.717) is 11.5 Å². The summed E-state index contributed by atoms with van der Waals surface area (Å²) in [6.07, 6.45) is 8.35. The van der Waals surface area contributed by atoms with Crippen LogP contribution in [-0.2, 0) is 15.5 Å². The second kappa shape index (κ2) is 8.88. The highest BCUT2D eigenvalue weighted by Gasteiger charge is 2.39. The fourth-order valence-electron chi connectivity index (χ4n) is 4.38. The highest BCUT2D eigenvalue weighted by molar-refractivity contribution is 7.46. The highest BCUT2D eigenvalue weighted by Crippen LogP contribution is 2.52. The monoisotopic (exact) mass is 436 g/mol. The van der Waals surface area contributed by atoms with Crippen LogP contribution < -0.4 is 9.47 Å². The Hall–Kier alpha value is -1.59. The van der Waals surface area contributed by atoms with Crippen LogP contribution in [0.15, 0.2) is 36.1 Å². The van der Waals surface area contributed by atoms with Crippen LogP contribution in [0.2, 0.25) is 0 Å². The first-order valence-corrected chi connectivity index (χ1v) is 12.2. The van der Waals surface area contributed by atoms with Crippen LogP contribution in [0.5, 0.6) is 11.5 Å². The van der Waals surface area contributed by atoms with Gasteiger partial charge in [-0.05, 0) is 50.3 Å². The predicted octanol–water partition coefficient (Wildman–Crippen LogP) is 5.99. The number of allylic oxidation sites excluding steroid dienone is 3. The van der Waals surface area contributed by atoms with Gasteiger partial charge in [-0.2, -0.15) is 0 Å². The molecule has 166 valence electrons. The summed E-state index contributed by atoms with van der Waals surface area (Å²) in [5, 5.41) is 0. The lowest BCUT2D eigenvalue weighted by molar-refractivity contribution is -0.0967. The van der Waals surface area contributed by atoms with Crippen LogP contribution in [0.1, 0.15) is 76.8 Å². The van der Waals surface area contributed by atoms with Crippen molar-refractivity contribution in [3.8, 4) is 11.5 Å². The summed E-state index contributed by atoms with van der Waals surface area (Å²) in [5.74, 6) is 0.722. The largest absolute Gasteiger partial charge is 0.472 e. The zero-order chi connectivity index (χ0) is 22.1. The third-order valence-electron chi connectivity index (χ3n) is 5.66. The molecule has 1 aromatic carbocycles. The lowest BCUT2D eigenvalue weighted by Crippen LogP contribution is -2.32. The Morgan fingerprint density at radius 1 is 1.30 bits per heavy atom. The third kappa shape index (κ3) is 5.55. The Balaban J connectivity index is 2.05. The van der Waals surface area contributed by atoms with E-state index in [2.05, 4.69) is 26.5 Å². The molecule has 1 aromatic rings. The molecule has 1 heterocycles. The summed E-state index contributed by atoms with van der Waals surface area (Å²) >= 11 is 0. The van der Waals surface area contributed by atoms with Crippen LogP contribution in [0.4, 0.5) is 0 Å². The SMILES string of the molecule is C=C1Oc2cc(CCCCC)cc(OC(C)(C)OP(=O)(O)O)c2C2C=C(C)CCC12. The molecule has 0 bridgehead atoms. The number of hydrogen-bond acceptors (Lipinski definition) is 4. The molecule has 0 saturated heterocycles. The number of hydrogen-bond donors (Lipinski definition) is 2. The maximum absolute atomic E-state index is 11.4. The number of fused-ring (bicyclic) bond motifs is 3. The minimum Gasteiger partial charge on any atom is -0.462 e. The van der Waals surface area contributed by atoms with Gasteiger partial charge in [-0.1, -0.05) is 38.0 Å². The molecule has 0 aromatic heterocycles. The minimum absolute atomic E-state index is 0.0561. The fourth-order valence-corrected chi connectivity index (χ4v) is 4.99. The van der Waals surface area contributed by atoms with E-state index in [1.165, 1.54) is 19.4 Å². The lowest BCUT2D eigenvalue weighted by Gasteiger charge is -2.38. The minimum atomic E-state index is -4.72. The zero-order valence-electron chi connectivity index (χ0n) is 18.3. The third-order valence-corrected chi connectivity index (χ3v) is 6.34. The quantitative estimate of drug-likeness (QED) is 0.225. The fraction of sp³-hybridized carbons (Fsp3) is 0.565. The Kier molecular flexibility index (Phi) is 6.83. The van der Waals surface area contributed by atoms with Gasteiger partial charge >= 0.3 is 7.82 Å². The average molecular weight is 436 g/mol. The Labute approximate surface area is 179 Å². The molecule has 30 heavy (non-hydrogen) atoms. The van der Waals surface area contributed by atoms with E-state index >= 15 is 0 Å². The van der Waals surface area contributed by atoms with E-state index in [1.54, 1.807) is 0 Å². The van der Waals surface area contributed by atoms with Gasteiger partial charge in [0.25, 0.3) is 0 Å². The van der Waals surface area contributed by atoms with Crippen molar-refractivity contribution in [2.24, 2.45) is 5.92 Å². The van der Waals surface area contributed by atoms with E-state index in [9.17, 15) is 14.4 Å². The molecular formula is C23H33O6P. The summed E-state index contributed by atoms with van der Waals surface area (Å²) in [4.78, 5) is 18.6. The van der Waals surface area contributed by atoms with E-state index < -0.39 is 13.6 Å². The molecule has 0 fully saturated rings. The molecule has 2 unspecified atom stereocenters. The molecule has 0 radical (unpaired) electrons. The maximum Gasteiger partial charge on any atom is 0.472 e. The number of aryl methyl sites for hydroxylation is 1. The molecule has 2 atom stereocenters. The van der Waals surface area contributed by atoms with Crippen LogP contribution >= 0.6 is 7.82 Å². The lowest BCUT2D eigenvalue weighted by atomic mass is 9.74. The number of rotatable bonds is 8. The van der Waals surface area contributed by atoms with Gasteiger partial charge in [0.05, 0.1) is 0 Å². The van der Waals surface area contributed by atoms with E-state index in [4.69, 9.17) is 14.0 Å². The van der Waals surface area contributed by atoms with Crippen molar-refractivity contribution in [3.05, 3.63) is 47.2 Å². The van der Waals surface area contributed by atoms with Crippen molar-refractivity contribution in [1.82, 2.24) is 0 Å². The van der Waals surface area contributed by atoms with Crippen molar-refractivity contribution < 1.29 is 28.3 Å². The smallest absolute Gasteiger partial charge is 0.462 e. The summed E-state index contributed by atoms with van der Waals surface area (Å²) in [6.45, 7) is 11.4. The van der Waals surface area contributed by atoms with Gasteiger partial charge in [0.15, 0.2) is 0 Å². The summed E-state index contributed by atoms with van der Waals surface area (Å²) in [7, 11) is -4.72. The molecule has 6 nitrogen and oxygen atoms in total. The predicted molar refractivity (Wildman–Crippen MR) is 116 cm³/mol. The van der Waals surface area contributed by atoms with Gasteiger partial charge in [0.1, 0.15) is 17.3 Å². The van der Waals surface area contributed by atoms with Crippen molar-refractivity contribution in [2.45, 2.75) is 77.9 Å². The second-order valence-electron chi connectivity index (χ2n) is 8.80. The highest BCUT2D eigenvalue weighted by atomic mass is 31.2. The van der Waals surface area contributed by atoms with Crippen LogP contribution in [0.25, 0.3) is 0 Å². The number of phosphoric acid groups is 1. The molecule has 7 heteroatoms. The average Bonchev–Trinajstić information content (AvgIpc) is 2.59. The first-order valence-electron chi connectivity index (χ1n) is 10.6. The van der Waals surface area contributed by atoms with Gasteiger partial charge in [-0.3, -0.25) is 0 Å². The summed E-state index contributed by atoms with van der Waals surface area (Å²) in [5.41, 5.74) is 3.26.